The van der Waals surface area contributed by atoms with Crippen LogP contribution in [0.3, 0.4) is 0 Å². The molecule has 1 aliphatic carbocycles. The summed E-state index contributed by atoms with van der Waals surface area (Å²) >= 11 is 0. The Bertz CT molecular complexity index is 1420. The van der Waals surface area contributed by atoms with Crippen LogP contribution < -0.4 is 20.7 Å². The molecule has 1 saturated heterocycles. The number of nitrogens with one attached hydrogen (secondary N) is 3. The van der Waals surface area contributed by atoms with Crippen LogP contribution in [0.15, 0.2) is 73.1 Å². The van der Waals surface area contributed by atoms with E-state index in [0.29, 0.717) is 24.5 Å². The first-order valence-electron chi connectivity index (χ1n) is 11.4. The van der Waals surface area contributed by atoms with Gasteiger partial charge in [0, 0.05) is 24.0 Å². The second-order valence-corrected chi connectivity index (χ2v) is 8.46. The van der Waals surface area contributed by atoms with Crippen molar-refractivity contribution in [2.45, 2.75) is 25.2 Å². The normalized spacial score (nSPS) is 17.5. The molecule has 1 fully saturated rings. The summed E-state index contributed by atoms with van der Waals surface area (Å²) in [5.41, 5.74) is 4.30. The number of alkyl carbamates (subject to hydrolysis) is 1. The van der Waals surface area contributed by atoms with Crippen LogP contribution in [0.25, 0.3) is 0 Å². The van der Waals surface area contributed by atoms with Gasteiger partial charge in [-0.2, -0.15) is 4.98 Å². The zero-order valence-corrected chi connectivity index (χ0v) is 18.9. The molecule has 2 aromatic carbocycles. The zero-order chi connectivity index (χ0) is 24.5. The molecule has 36 heavy (non-hydrogen) atoms. The van der Waals surface area contributed by atoms with E-state index in [1.54, 1.807) is 30.5 Å². The quantitative estimate of drug-likeness (QED) is 0.344. The largest absolute Gasteiger partial charge is 0.487 e. The van der Waals surface area contributed by atoms with Crippen molar-refractivity contribution in [3.8, 4) is 5.75 Å². The molecule has 0 spiro atoms. The van der Waals surface area contributed by atoms with E-state index in [0.717, 1.165) is 28.7 Å². The van der Waals surface area contributed by atoms with Crippen LogP contribution in [0.5, 0.6) is 5.75 Å². The number of hydrogen-bond acceptors (Lipinski definition) is 8. The maximum absolute atomic E-state index is 14.4. The number of benzene rings is 2. The second kappa shape index (κ2) is 9.14. The van der Waals surface area contributed by atoms with Crippen molar-refractivity contribution in [3.63, 3.8) is 0 Å². The number of carbonyl (C=O) groups is 1. The Labute approximate surface area is 205 Å². The number of fused-ring (bicyclic) bond motifs is 3. The molecule has 2 aliphatic rings. The summed E-state index contributed by atoms with van der Waals surface area (Å²) in [6.45, 7) is 0.354. The maximum atomic E-state index is 14.4. The number of amides is 1. The van der Waals surface area contributed by atoms with Crippen LogP contribution >= 0.6 is 0 Å². The third-order valence-electron chi connectivity index (χ3n) is 6.04. The number of hydrogen-bond donors (Lipinski definition) is 3. The van der Waals surface area contributed by atoms with Gasteiger partial charge in [-0.05, 0) is 59.7 Å². The summed E-state index contributed by atoms with van der Waals surface area (Å²) < 4.78 is 25.5. The van der Waals surface area contributed by atoms with Gasteiger partial charge in [-0.25, -0.2) is 14.2 Å². The first-order chi connectivity index (χ1) is 17.6. The average molecular weight is 484 g/mol. The molecule has 6 rings (SSSR count). The molecular weight excluding hydrogens is 463 g/mol. The van der Waals surface area contributed by atoms with Gasteiger partial charge in [0.2, 0.25) is 5.95 Å². The van der Waals surface area contributed by atoms with Crippen LogP contribution in [0.4, 0.5) is 32.3 Å². The van der Waals surface area contributed by atoms with E-state index in [1.165, 1.54) is 0 Å². The van der Waals surface area contributed by atoms with Crippen molar-refractivity contribution in [1.82, 2.24) is 20.3 Å². The summed E-state index contributed by atoms with van der Waals surface area (Å²) in [6, 6.07) is 18.4. The number of rotatable bonds is 7. The molecule has 0 saturated carbocycles. The molecule has 1 aliphatic heterocycles. The van der Waals surface area contributed by atoms with Crippen LogP contribution in [0, 0.1) is 5.82 Å². The summed E-state index contributed by atoms with van der Waals surface area (Å²) in [5, 5.41) is 8.92. The molecule has 0 radical (unpaired) electrons. The Morgan fingerprint density at radius 2 is 1.92 bits per heavy atom. The average Bonchev–Trinajstić information content (AvgIpc) is 3.42. The van der Waals surface area contributed by atoms with Gasteiger partial charge in [0.15, 0.2) is 11.6 Å². The lowest BCUT2D eigenvalue weighted by atomic mass is 10.1. The minimum Gasteiger partial charge on any atom is -0.487 e. The lowest BCUT2D eigenvalue weighted by molar-refractivity contribution is 0.136. The lowest BCUT2D eigenvalue weighted by Crippen LogP contribution is -2.18. The van der Waals surface area contributed by atoms with Gasteiger partial charge in [-0.15, -0.1) is 0 Å². The van der Waals surface area contributed by atoms with Gasteiger partial charge >= 0.3 is 6.09 Å². The van der Waals surface area contributed by atoms with E-state index in [-0.39, 0.29) is 23.9 Å². The molecule has 2 aromatic heterocycles. The molecule has 9 nitrogen and oxygen atoms in total. The highest BCUT2D eigenvalue weighted by Gasteiger charge is 2.41. The topological polar surface area (TPSA) is 110 Å². The monoisotopic (exact) mass is 484 g/mol. The van der Waals surface area contributed by atoms with Crippen LogP contribution in [-0.2, 0) is 17.8 Å². The number of nitrogens with zero attached hydrogens (tertiary/aromatic N) is 3. The molecular formula is C26H21FN6O3. The molecule has 0 bridgehead atoms. The van der Waals surface area contributed by atoms with Crippen molar-refractivity contribution in [1.29, 1.82) is 0 Å². The number of halogens is 1. The highest BCUT2D eigenvalue weighted by atomic mass is 19.1. The number of ether oxygens (including phenoxy) is 2. The fourth-order valence-electron chi connectivity index (χ4n) is 4.32. The molecule has 10 heteroatoms. The van der Waals surface area contributed by atoms with Crippen molar-refractivity contribution >= 4 is 29.2 Å². The van der Waals surface area contributed by atoms with E-state index < -0.39 is 11.9 Å². The smallest absolute Gasteiger partial charge is 0.408 e. The maximum Gasteiger partial charge on any atom is 0.408 e. The van der Waals surface area contributed by atoms with E-state index in [1.807, 2.05) is 36.4 Å². The number of pyridine rings is 1. The minimum atomic E-state index is -0.585. The van der Waals surface area contributed by atoms with E-state index >= 15 is 0 Å². The molecule has 0 unspecified atom stereocenters. The fraction of sp³-hybridized carbons (Fsp3) is 0.154. The number of carbonyl (C=O) groups excluding carboxylic acids is 1. The minimum absolute atomic E-state index is 0.0346. The van der Waals surface area contributed by atoms with Gasteiger partial charge < -0.3 is 25.4 Å². The summed E-state index contributed by atoms with van der Waals surface area (Å²) in [4.78, 5) is 24.1. The first-order valence-corrected chi connectivity index (χ1v) is 11.4. The lowest BCUT2D eigenvalue weighted by Gasteiger charge is -2.12. The molecule has 4 aromatic rings. The van der Waals surface area contributed by atoms with Crippen molar-refractivity contribution in [2.75, 3.05) is 10.6 Å². The number of anilines is 4. The Kier molecular flexibility index (Phi) is 5.53. The van der Waals surface area contributed by atoms with Crippen LogP contribution in [0.2, 0.25) is 0 Å². The third kappa shape index (κ3) is 4.48. The summed E-state index contributed by atoms with van der Waals surface area (Å²) in [7, 11) is 0. The Hall–Kier alpha value is -4.73. The molecule has 2 atom stereocenters. The zero-order valence-electron chi connectivity index (χ0n) is 18.9. The highest BCUT2D eigenvalue weighted by Crippen LogP contribution is 2.38. The van der Waals surface area contributed by atoms with E-state index in [9.17, 15) is 9.18 Å². The second-order valence-electron chi connectivity index (χ2n) is 8.46. The van der Waals surface area contributed by atoms with Gasteiger partial charge in [0.05, 0.1) is 17.9 Å². The van der Waals surface area contributed by atoms with Crippen molar-refractivity contribution < 1.29 is 18.7 Å². The molecule has 3 heterocycles. The van der Waals surface area contributed by atoms with Crippen molar-refractivity contribution in [3.05, 3.63) is 95.7 Å². The molecule has 3 N–H and O–H groups in total. The van der Waals surface area contributed by atoms with E-state index in [4.69, 9.17) is 9.47 Å². The van der Waals surface area contributed by atoms with Gasteiger partial charge in [-0.3, -0.25) is 4.98 Å². The molecule has 1 amide bonds. The summed E-state index contributed by atoms with van der Waals surface area (Å²) in [6.07, 6.45) is 2.91. The standard InChI is InChI=1S/C26H21FN6O3/c27-21-13-29-25(31-17-5-4-15-11-22-23(20(15)12-17)32-26(34)36-22)33-24(21)30-16-6-8-19(9-7-16)35-14-18-3-1-2-10-28-18/h1-10,12-13,22-23H,11,14H2,(H,32,34)(H2,29,30,31,33)/t22-,23+/m0/s1. The van der Waals surface area contributed by atoms with Crippen LogP contribution in [0.1, 0.15) is 22.9 Å². The third-order valence-corrected chi connectivity index (χ3v) is 6.04. The predicted molar refractivity (Wildman–Crippen MR) is 130 cm³/mol. The predicted octanol–water partition coefficient (Wildman–Crippen LogP) is 4.78. The fourth-order valence-corrected chi connectivity index (χ4v) is 4.32. The SMILES string of the molecule is O=C1N[C@@H]2c3cc(Nc4ncc(F)c(Nc5ccc(OCc6ccccn6)cc5)n4)ccc3C[C@@H]2O1. The van der Waals surface area contributed by atoms with Gasteiger partial charge in [-0.1, -0.05) is 12.1 Å². The Balaban J connectivity index is 1.13. The first kappa shape index (κ1) is 21.8. The van der Waals surface area contributed by atoms with Gasteiger partial charge in [0.25, 0.3) is 0 Å². The van der Waals surface area contributed by atoms with Gasteiger partial charge in [0.1, 0.15) is 18.5 Å². The Morgan fingerprint density at radius 3 is 2.75 bits per heavy atom. The van der Waals surface area contributed by atoms with E-state index in [2.05, 4.69) is 30.9 Å². The molecule has 180 valence electrons. The van der Waals surface area contributed by atoms with Crippen LogP contribution in [-0.4, -0.2) is 27.1 Å². The van der Waals surface area contributed by atoms with Crippen molar-refractivity contribution in [2.24, 2.45) is 0 Å². The summed E-state index contributed by atoms with van der Waals surface area (Å²) in [5.74, 6) is 0.348. The number of aromatic nitrogens is 3. The highest BCUT2D eigenvalue weighted by molar-refractivity contribution is 5.72. The Morgan fingerprint density at radius 1 is 1.06 bits per heavy atom.